The predicted molar refractivity (Wildman–Crippen MR) is 110 cm³/mol. The topological polar surface area (TPSA) is 78.0 Å². The number of anilines is 1. The lowest BCUT2D eigenvalue weighted by molar-refractivity contribution is -0.133. The van der Waals surface area contributed by atoms with Crippen LogP contribution in [0.5, 0.6) is 0 Å². The lowest BCUT2D eigenvalue weighted by Gasteiger charge is -2.34. The number of rotatable bonds is 4. The van der Waals surface area contributed by atoms with E-state index >= 15 is 0 Å². The molecule has 3 aliphatic heterocycles. The molecule has 0 aromatic heterocycles. The van der Waals surface area contributed by atoms with Gasteiger partial charge in [0.25, 0.3) is 0 Å². The lowest BCUT2D eigenvalue weighted by atomic mass is 10.00. The lowest BCUT2D eigenvalue weighted by Crippen LogP contribution is -2.50. The number of benzene rings is 1. The molecule has 3 aliphatic rings. The molecular formula is C21H29N3O4S. The molecule has 0 saturated carbocycles. The number of piperazine rings is 1. The van der Waals surface area contributed by atoms with Crippen molar-refractivity contribution in [1.82, 2.24) is 9.21 Å². The Kier molecular flexibility index (Phi) is 5.19. The van der Waals surface area contributed by atoms with Gasteiger partial charge in [0.15, 0.2) is 0 Å². The third-order valence-corrected chi connectivity index (χ3v) is 8.00. The summed E-state index contributed by atoms with van der Waals surface area (Å²) in [6.45, 7) is 7.53. The molecule has 0 radical (unpaired) electrons. The Morgan fingerprint density at radius 2 is 1.76 bits per heavy atom. The molecule has 7 nitrogen and oxygen atoms in total. The third kappa shape index (κ3) is 3.57. The minimum absolute atomic E-state index is 0.0741. The number of sulfonamides is 1. The number of aryl methyl sites for hydroxylation is 1. The monoisotopic (exact) mass is 419 g/mol. The van der Waals surface area contributed by atoms with Crippen LogP contribution in [-0.4, -0.2) is 61.7 Å². The van der Waals surface area contributed by atoms with Crippen LogP contribution in [0, 0.1) is 5.92 Å². The molecule has 2 amide bonds. The molecule has 0 N–H and O–H groups in total. The summed E-state index contributed by atoms with van der Waals surface area (Å²) in [5.41, 5.74) is 2.83. The molecule has 1 aromatic carbocycles. The minimum atomic E-state index is -3.62. The van der Waals surface area contributed by atoms with E-state index in [0.717, 1.165) is 16.8 Å². The Bertz CT molecular complexity index is 949. The van der Waals surface area contributed by atoms with Gasteiger partial charge in [-0.05, 0) is 48.9 Å². The highest BCUT2D eigenvalue weighted by Crippen LogP contribution is 2.41. The number of hydrogen-bond donors (Lipinski definition) is 0. The second kappa shape index (κ2) is 7.40. The Hall–Kier alpha value is -1.93. The Morgan fingerprint density at radius 3 is 2.41 bits per heavy atom. The maximum Gasteiger partial charge on any atom is 0.243 e. The SMILES string of the molecule is CC(C)CC(=O)N1CCN(S(=O)(=O)c2cc3c4c(c2)C[C@H](C)N4C(=O)CC3)CC1. The fraction of sp³-hybridized carbons (Fsp3) is 0.619. The summed E-state index contributed by atoms with van der Waals surface area (Å²) in [6, 6.07) is 3.58. The highest BCUT2D eigenvalue weighted by atomic mass is 32.2. The zero-order valence-corrected chi connectivity index (χ0v) is 18.2. The number of hydrogen-bond acceptors (Lipinski definition) is 4. The third-order valence-electron chi connectivity index (χ3n) is 6.13. The van der Waals surface area contributed by atoms with Gasteiger partial charge in [0, 0.05) is 45.1 Å². The van der Waals surface area contributed by atoms with Crippen molar-refractivity contribution < 1.29 is 18.0 Å². The van der Waals surface area contributed by atoms with Crippen LogP contribution in [0.2, 0.25) is 0 Å². The van der Waals surface area contributed by atoms with Crippen molar-refractivity contribution in [3.05, 3.63) is 23.3 Å². The summed E-state index contributed by atoms with van der Waals surface area (Å²) < 4.78 is 28.1. The summed E-state index contributed by atoms with van der Waals surface area (Å²) in [5.74, 6) is 0.515. The molecule has 1 atom stereocenters. The van der Waals surface area contributed by atoms with Gasteiger partial charge in [-0.15, -0.1) is 0 Å². The van der Waals surface area contributed by atoms with E-state index in [4.69, 9.17) is 0 Å². The van der Waals surface area contributed by atoms with Crippen LogP contribution in [-0.2, 0) is 32.5 Å². The Balaban J connectivity index is 1.55. The summed E-state index contributed by atoms with van der Waals surface area (Å²) in [7, 11) is -3.62. The molecule has 158 valence electrons. The first-order chi connectivity index (χ1) is 13.7. The summed E-state index contributed by atoms with van der Waals surface area (Å²) >= 11 is 0. The van der Waals surface area contributed by atoms with E-state index in [0.29, 0.717) is 62.7 Å². The average molecular weight is 420 g/mol. The van der Waals surface area contributed by atoms with Crippen LogP contribution in [0.3, 0.4) is 0 Å². The van der Waals surface area contributed by atoms with E-state index in [9.17, 15) is 18.0 Å². The normalized spacial score (nSPS) is 22.3. The van der Waals surface area contributed by atoms with Crippen LogP contribution in [0.4, 0.5) is 5.69 Å². The van der Waals surface area contributed by atoms with Gasteiger partial charge in [0.1, 0.15) is 0 Å². The Labute approximate surface area is 172 Å². The maximum absolute atomic E-state index is 13.3. The molecule has 1 fully saturated rings. The molecule has 4 rings (SSSR count). The number of nitrogens with zero attached hydrogens (tertiary/aromatic N) is 3. The van der Waals surface area contributed by atoms with E-state index < -0.39 is 10.0 Å². The number of carbonyl (C=O) groups is 2. The van der Waals surface area contributed by atoms with Crippen molar-refractivity contribution in [2.45, 2.75) is 57.4 Å². The molecule has 29 heavy (non-hydrogen) atoms. The van der Waals surface area contributed by atoms with E-state index in [2.05, 4.69) is 0 Å². The van der Waals surface area contributed by atoms with Gasteiger partial charge in [-0.3, -0.25) is 9.59 Å². The second-order valence-corrected chi connectivity index (χ2v) is 10.7. The van der Waals surface area contributed by atoms with Crippen molar-refractivity contribution in [2.75, 3.05) is 31.1 Å². The van der Waals surface area contributed by atoms with E-state index in [1.165, 1.54) is 4.31 Å². The van der Waals surface area contributed by atoms with Crippen molar-refractivity contribution in [3.63, 3.8) is 0 Å². The van der Waals surface area contributed by atoms with Gasteiger partial charge in [-0.1, -0.05) is 13.8 Å². The summed E-state index contributed by atoms with van der Waals surface area (Å²) in [6.07, 6.45) is 2.20. The number of carbonyl (C=O) groups excluding carboxylic acids is 2. The van der Waals surface area contributed by atoms with E-state index in [1.807, 2.05) is 25.7 Å². The molecule has 0 bridgehead atoms. The minimum Gasteiger partial charge on any atom is -0.340 e. The first-order valence-corrected chi connectivity index (χ1v) is 11.9. The van der Waals surface area contributed by atoms with Crippen molar-refractivity contribution >= 4 is 27.5 Å². The molecule has 8 heteroatoms. The fourth-order valence-electron chi connectivity index (χ4n) is 4.70. The second-order valence-electron chi connectivity index (χ2n) is 8.79. The predicted octanol–water partition coefficient (Wildman–Crippen LogP) is 1.79. The van der Waals surface area contributed by atoms with Crippen molar-refractivity contribution in [2.24, 2.45) is 5.92 Å². The van der Waals surface area contributed by atoms with Gasteiger partial charge < -0.3 is 9.80 Å². The van der Waals surface area contributed by atoms with Gasteiger partial charge in [-0.25, -0.2) is 8.42 Å². The van der Waals surface area contributed by atoms with Crippen molar-refractivity contribution in [3.8, 4) is 0 Å². The maximum atomic E-state index is 13.3. The largest absolute Gasteiger partial charge is 0.340 e. The van der Waals surface area contributed by atoms with Crippen LogP contribution in [0.25, 0.3) is 0 Å². The van der Waals surface area contributed by atoms with Gasteiger partial charge in [0.05, 0.1) is 10.6 Å². The molecule has 1 saturated heterocycles. The van der Waals surface area contributed by atoms with Gasteiger partial charge in [-0.2, -0.15) is 4.31 Å². The van der Waals surface area contributed by atoms with Crippen LogP contribution in [0.1, 0.15) is 44.7 Å². The molecule has 3 heterocycles. The standard InChI is InChI=1S/C21H29N3O4S/c1-14(2)10-20(26)22-6-8-23(9-7-22)29(27,28)18-12-16-4-5-19(25)24-15(3)11-17(13-18)21(16)24/h12-15H,4-11H2,1-3H3/t15-/m0/s1. The smallest absolute Gasteiger partial charge is 0.243 e. The summed E-state index contributed by atoms with van der Waals surface area (Å²) in [5, 5.41) is 0. The van der Waals surface area contributed by atoms with E-state index in [-0.39, 0.29) is 17.9 Å². The van der Waals surface area contributed by atoms with Crippen LogP contribution in [0.15, 0.2) is 17.0 Å². The van der Waals surface area contributed by atoms with Gasteiger partial charge >= 0.3 is 0 Å². The first-order valence-electron chi connectivity index (χ1n) is 10.4. The van der Waals surface area contributed by atoms with Crippen molar-refractivity contribution in [1.29, 1.82) is 0 Å². The molecule has 1 aromatic rings. The molecule has 0 unspecified atom stereocenters. The average Bonchev–Trinajstić information content (AvgIpc) is 3.01. The van der Waals surface area contributed by atoms with Crippen LogP contribution < -0.4 is 4.90 Å². The van der Waals surface area contributed by atoms with Gasteiger partial charge in [0.2, 0.25) is 21.8 Å². The quantitative estimate of drug-likeness (QED) is 0.745. The zero-order valence-electron chi connectivity index (χ0n) is 17.3. The first kappa shape index (κ1) is 20.3. The highest BCUT2D eigenvalue weighted by Gasteiger charge is 2.38. The zero-order chi connectivity index (χ0) is 20.9. The molecule has 0 spiro atoms. The van der Waals surface area contributed by atoms with E-state index in [1.54, 1.807) is 17.0 Å². The Morgan fingerprint density at radius 1 is 1.10 bits per heavy atom. The number of amides is 2. The highest BCUT2D eigenvalue weighted by molar-refractivity contribution is 7.89. The summed E-state index contributed by atoms with van der Waals surface area (Å²) in [4.78, 5) is 28.5. The van der Waals surface area contributed by atoms with Crippen LogP contribution >= 0.6 is 0 Å². The molecular weight excluding hydrogens is 390 g/mol. The fourth-order valence-corrected chi connectivity index (χ4v) is 6.22. The molecule has 0 aliphatic carbocycles.